The van der Waals surface area contributed by atoms with Crippen molar-refractivity contribution < 1.29 is 14.6 Å². The molecule has 1 saturated heterocycles. The number of β-amino-alcohol motifs (C(OH)–C–C–N with tert-alkyl or cyclic N) is 1. The van der Waals surface area contributed by atoms with Crippen LogP contribution >= 0.6 is 0 Å². The molecule has 1 N–H and O–H groups in total. The number of hydrogen-bond acceptors (Lipinski definition) is 5. The van der Waals surface area contributed by atoms with Gasteiger partial charge in [0.1, 0.15) is 11.9 Å². The van der Waals surface area contributed by atoms with Crippen LogP contribution in [0.25, 0.3) is 11.0 Å². The van der Waals surface area contributed by atoms with Gasteiger partial charge in [-0.15, -0.1) is 0 Å². The van der Waals surface area contributed by atoms with Gasteiger partial charge in [0, 0.05) is 26.1 Å². The largest absolute Gasteiger partial charge is 0.468 e. The molecule has 1 aromatic heterocycles. The second kappa shape index (κ2) is 6.06. The molecule has 6 nitrogen and oxygen atoms in total. The third kappa shape index (κ3) is 2.71. The first-order valence-electron chi connectivity index (χ1n) is 7.52. The van der Waals surface area contributed by atoms with E-state index in [1.54, 1.807) is 0 Å². The molecule has 1 aliphatic heterocycles. The van der Waals surface area contributed by atoms with E-state index < -0.39 is 6.10 Å². The molecule has 3 rings (SSSR count). The van der Waals surface area contributed by atoms with E-state index in [2.05, 4.69) is 9.55 Å². The number of esters is 1. The van der Waals surface area contributed by atoms with Gasteiger partial charge in [0.2, 0.25) is 0 Å². The summed E-state index contributed by atoms with van der Waals surface area (Å²) in [6.45, 7) is 3.90. The lowest BCUT2D eigenvalue weighted by Gasteiger charge is -2.22. The lowest BCUT2D eigenvalue weighted by atomic mass is 10.2. The molecular weight excluding hydrogens is 282 g/mol. The first-order valence-corrected chi connectivity index (χ1v) is 7.52. The Morgan fingerprint density at radius 3 is 2.95 bits per heavy atom. The number of hydrogen-bond donors (Lipinski definition) is 1. The normalized spacial score (nSPS) is 22.3. The predicted molar refractivity (Wildman–Crippen MR) is 82.5 cm³/mol. The fraction of sp³-hybridized carbons (Fsp3) is 0.500. The number of fused-ring (bicyclic) bond motifs is 1. The van der Waals surface area contributed by atoms with Crippen molar-refractivity contribution in [3.8, 4) is 0 Å². The Labute approximate surface area is 129 Å². The van der Waals surface area contributed by atoms with Crippen molar-refractivity contribution >= 4 is 17.0 Å². The molecule has 6 heteroatoms. The summed E-state index contributed by atoms with van der Waals surface area (Å²) in [5.74, 6) is 0.680. The number of likely N-dealkylation sites (tertiary alicyclic amines) is 1. The number of nitrogens with zero attached hydrogens (tertiary/aromatic N) is 3. The molecule has 2 heterocycles. The van der Waals surface area contributed by atoms with Crippen molar-refractivity contribution in [2.45, 2.75) is 32.0 Å². The van der Waals surface area contributed by atoms with E-state index in [-0.39, 0.29) is 12.0 Å². The van der Waals surface area contributed by atoms with Gasteiger partial charge in [0.25, 0.3) is 0 Å². The van der Waals surface area contributed by atoms with Gasteiger partial charge in [-0.2, -0.15) is 0 Å². The van der Waals surface area contributed by atoms with Gasteiger partial charge in [-0.1, -0.05) is 12.1 Å². The molecule has 0 unspecified atom stereocenters. The van der Waals surface area contributed by atoms with Crippen LogP contribution in [0.5, 0.6) is 0 Å². The Balaban J connectivity index is 1.76. The molecule has 0 spiro atoms. The van der Waals surface area contributed by atoms with Crippen LogP contribution in [0.3, 0.4) is 0 Å². The Hall–Kier alpha value is -1.92. The molecule has 2 atom stereocenters. The molecule has 0 bridgehead atoms. The fourth-order valence-electron chi connectivity index (χ4n) is 3.21. The quantitative estimate of drug-likeness (QED) is 0.852. The SMILES string of the molecule is COC(=O)[C@@H]1C[C@@H](O)CN1CCn1c(C)nc2ccccc21. The van der Waals surface area contributed by atoms with Gasteiger partial charge in [-0.3, -0.25) is 9.69 Å². The topological polar surface area (TPSA) is 67.6 Å². The van der Waals surface area contributed by atoms with Gasteiger partial charge in [0.05, 0.1) is 24.2 Å². The number of methoxy groups -OCH3 is 1. The number of ether oxygens (including phenoxy) is 1. The van der Waals surface area contributed by atoms with Crippen LogP contribution in [0, 0.1) is 6.92 Å². The Morgan fingerprint density at radius 1 is 1.41 bits per heavy atom. The van der Waals surface area contributed by atoms with Gasteiger partial charge in [-0.25, -0.2) is 4.98 Å². The van der Waals surface area contributed by atoms with Gasteiger partial charge in [-0.05, 0) is 19.1 Å². The molecule has 0 amide bonds. The van der Waals surface area contributed by atoms with Crippen molar-refractivity contribution in [1.82, 2.24) is 14.5 Å². The van der Waals surface area contributed by atoms with Crippen molar-refractivity contribution in [3.63, 3.8) is 0 Å². The number of carbonyl (C=O) groups is 1. The smallest absolute Gasteiger partial charge is 0.323 e. The Kier molecular flexibility index (Phi) is 4.13. The molecule has 0 aliphatic carbocycles. The number of aryl methyl sites for hydroxylation is 1. The molecule has 1 aromatic carbocycles. The minimum absolute atomic E-state index is 0.274. The van der Waals surface area contributed by atoms with Crippen molar-refractivity contribution in [3.05, 3.63) is 30.1 Å². The first-order chi connectivity index (χ1) is 10.6. The maximum absolute atomic E-state index is 11.8. The van der Waals surface area contributed by atoms with Crippen LogP contribution in [0.2, 0.25) is 0 Å². The van der Waals surface area contributed by atoms with Crippen molar-refractivity contribution in [2.24, 2.45) is 0 Å². The highest BCUT2D eigenvalue weighted by Crippen LogP contribution is 2.20. The molecule has 118 valence electrons. The third-order valence-electron chi connectivity index (χ3n) is 4.31. The number of carbonyl (C=O) groups excluding carboxylic acids is 1. The minimum atomic E-state index is -0.468. The minimum Gasteiger partial charge on any atom is -0.468 e. The molecule has 1 aliphatic rings. The fourth-order valence-corrected chi connectivity index (χ4v) is 3.21. The highest BCUT2D eigenvalue weighted by molar-refractivity contribution is 5.76. The predicted octanol–water partition coefficient (Wildman–Crippen LogP) is 0.953. The van der Waals surface area contributed by atoms with Crippen LogP contribution in [-0.2, 0) is 16.1 Å². The van der Waals surface area contributed by atoms with E-state index in [0.29, 0.717) is 19.5 Å². The third-order valence-corrected chi connectivity index (χ3v) is 4.31. The highest BCUT2D eigenvalue weighted by Gasteiger charge is 2.36. The molecule has 1 fully saturated rings. The highest BCUT2D eigenvalue weighted by atomic mass is 16.5. The summed E-state index contributed by atoms with van der Waals surface area (Å²) in [5.41, 5.74) is 2.07. The first kappa shape index (κ1) is 15.0. The maximum atomic E-state index is 11.8. The lowest BCUT2D eigenvalue weighted by molar-refractivity contribution is -0.145. The summed E-state index contributed by atoms with van der Waals surface area (Å²) >= 11 is 0. The lowest BCUT2D eigenvalue weighted by Crippen LogP contribution is -2.38. The number of aliphatic hydroxyl groups is 1. The summed E-state index contributed by atoms with van der Waals surface area (Å²) in [5, 5.41) is 9.83. The van der Waals surface area contributed by atoms with Crippen LogP contribution in [0.4, 0.5) is 0 Å². The van der Waals surface area contributed by atoms with Crippen LogP contribution < -0.4 is 0 Å². The van der Waals surface area contributed by atoms with Crippen LogP contribution in [0.1, 0.15) is 12.2 Å². The molecule has 22 heavy (non-hydrogen) atoms. The number of benzene rings is 1. The van der Waals surface area contributed by atoms with Crippen molar-refractivity contribution in [2.75, 3.05) is 20.2 Å². The Bertz CT molecular complexity index is 682. The molecule has 0 radical (unpaired) electrons. The second-order valence-corrected chi connectivity index (χ2v) is 5.72. The van der Waals surface area contributed by atoms with E-state index in [1.165, 1.54) is 7.11 Å². The molecular formula is C16H21N3O3. The number of rotatable bonds is 4. The monoisotopic (exact) mass is 303 g/mol. The average Bonchev–Trinajstić information content (AvgIpc) is 3.03. The van der Waals surface area contributed by atoms with E-state index >= 15 is 0 Å². The van der Waals surface area contributed by atoms with Gasteiger partial charge >= 0.3 is 5.97 Å². The Morgan fingerprint density at radius 2 is 2.18 bits per heavy atom. The van der Waals surface area contributed by atoms with Gasteiger partial charge in [0.15, 0.2) is 0 Å². The average molecular weight is 303 g/mol. The van der Waals surface area contributed by atoms with E-state index in [1.807, 2.05) is 36.1 Å². The molecule has 0 saturated carbocycles. The number of imidazole rings is 1. The standard InChI is InChI=1S/C16H21N3O3/c1-11-17-13-5-3-4-6-14(13)19(11)8-7-18-10-12(20)9-15(18)16(21)22-2/h3-6,12,15,20H,7-10H2,1-2H3/t12-,15+/m1/s1. The van der Waals surface area contributed by atoms with E-state index in [4.69, 9.17) is 4.74 Å². The van der Waals surface area contributed by atoms with Crippen molar-refractivity contribution in [1.29, 1.82) is 0 Å². The van der Waals surface area contributed by atoms with Crippen LogP contribution in [-0.4, -0.2) is 57.9 Å². The summed E-state index contributed by atoms with van der Waals surface area (Å²) in [7, 11) is 1.39. The molecule has 2 aromatic rings. The summed E-state index contributed by atoms with van der Waals surface area (Å²) < 4.78 is 6.98. The second-order valence-electron chi connectivity index (χ2n) is 5.72. The maximum Gasteiger partial charge on any atom is 0.323 e. The zero-order chi connectivity index (χ0) is 15.7. The van der Waals surface area contributed by atoms with E-state index in [9.17, 15) is 9.90 Å². The number of aromatic nitrogens is 2. The summed E-state index contributed by atoms with van der Waals surface area (Å²) in [6, 6.07) is 7.66. The zero-order valence-electron chi connectivity index (χ0n) is 12.9. The van der Waals surface area contributed by atoms with Gasteiger partial charge < -0.3 is 14.4 Å². The number of aliphatic hydroxyl groups excluding tert-OH is 1. The number of para-hydroxylation sites is 2. The summed E-state index contributed by atoms with van der Waals surface area (Å²) in [4.78, 5) is 18.4. The zero-order valence-corrected chi connectivity index (χ0v) is 12.9. The van der Waals surface area contributed by atoms with E-state index in [0.717, 1.165) is 23.4 Å². The summed E-state index contributed by atoms with van der Waals surface area (Å²) in [6.07, 6.45) is -0.0270. The van der Waals surface area contributed by atoms with Crippen LogP contribution in [0.15, 0.2) is 24.3 Å².